The van der Waals surface area contributed by atoms with Crippen molar-refractivity contribution in [3.63, 3.8) is 0 Å². The number of rotatable bonds is 5. The standard InChI is InChI=1S/C20H16N4O3S2/c1-3-8-24-18(26)13-6-4-11(9-15(13)22-20(24)28)17(25)23-19-21-14-7-5-12(27-2)10-16(14)29-19/h3-7,9-10H,1,8H2,2H3,(H,22,28)(H,21,23,25). The first kappa shape index (κ1) is 19.0. The minimum absolute atomic E-state index is 0.226. The molecule has 9 heteroatoms. The zero-order chi connectivity index (χ0) is 20.5. The van der Waals surface area contributed by atoms with Crippen LogP contribution < -0.4 is 15.6 Å². The van der Waals surface area contributed by atoms with Crippen molar-refractivity contribution in [3.05, 3.63) is 69.7 Å². The number of aromatic amines is 1. The van der Waals surface area contributed by atoms with Gasteiger partial charge < -0.3 is 9.72 Å². The number of aromatic nitrogens is 3. The van der Waals surface area contributed by atoms with Gasteiger partial charge in [0.2, 0.25) is 0 Å². The Kier molecular flexibility index (Phi) is 4.99. The fourth-order valence-corrected chi connectivity index (χ4v) is 4.10. The lowest BCUT2D eigenvalue weighted by Gasteiger charge is -2.07. The lowest BCUT2D eigenvalue weighted by atomic mass is 10.1. The van der Waals surface area contributed by atoms with Gasteiger partial charge in [0.15, 0.2) is 9.90 Å². The van der Waals surface area contributed by atoms with Crippen molar-refractivity contribution in [2.24, 2.45) is 0 Å². The molecule has 0 saturated carbocycles. The Hall–Kier alpha value is -3.30. The number of amides is 1. The Balaban J connectivity index is 1.66. The predicted molar refractivity (Wildman–Crippen MR) is 118 cm³/mol. The number of thiazole rings is 1. The van der Waals surface area contributed by atoms with Crippen LogP contribution in [0.4, 0.5) is 5.13 Å². The largest absolute Gasteiger partial charge is 0.497 e. The molecule has 0 aliphatic heterocycles. The average Bonchev–Trinajstić information content (AvgIpc) is 3.11. The molecule has 0 aliphatic rings. The number of benzene rings is 2. The topological polar surface area (TPSA) is 89.0 Å². The molecule has 0 spiro atoms. The van der Waals surface area contributed by atoms with Crippen LogP contribution in [0, 0.1) is 4.77 Å². The molecule has 0 unspecified atom stereocenters. The molecule has 2 heterocycles. The fourth-order valence-electron chi connectivity index (χ4n) is 2.95. The highest BCUT2D eigenvalue weighted by Gasteiger charge is 2.13. The second-order valence-electron chi connectivity index (χ2n) is 6.20. The number of hydrogen-bond donors (Lipinski definition) is 2. The molecular weight excluding hydrogens is 408 g/mol. The van der Waals surface area contributed by atoms with E-state index in [4.69, 9.17) is 17.0 Å². The molecule has 0 bridgehead atoms. The number of nitrogens with zero attached hydrogens (tertiary/aromatic N) is 2. The lowest BCUT2D eigenvalue weighted by Crippen LogP contribution is -2.22. The number of carbonyl (C=O) groups excluding carboxylic acids is 1. The molecule has 2 N–H and O–H groups in total. The van der Waals surface area contributed by atoms with Crippen molar-refractivity contribution >= 4 is 55.7 Å². The Bertz CT molecular complexity index is 1380. The second-order valence-corrected chi connectivity index (χ2v) is 7.62. The van der Waals surface area contributed by atoms with Crippen LogP contribution >= 0.6 is 23.6 Å². The SMILES string of the molecule is C=CCn1c(=S)[nH]c2cc(C(=O)Nc3nc4ccc(OC)cc4s3)ccc2c1=O. The number of fused-ring (bicyclic) bond motifs is 2. The number of carbonyl (C=O) groups is 1. The summed E-state index contributed by atoms with van der Waals surface area (Å²) >= 11 is 6.60. The normalized spacial score (nSPS) is 10.9. The number of ether oxygens (including phenoxy) is 1. The van der Waals surface area contributed by atoms with Crippen molar-refractivity contribution in [3.8, 4) is 5.75 Å². The number of anilines is 1. The summed E-state index contributed by atoms with van der Waals surface area (Å²) < 4.78 is 7.81. The highest BCUT2D eigenvalue weighted by Crippen LogP contribution is 2.29. The Morgan fingerprint density at radius 1 is 1.38 bits per heavy atom. The maximum atomic E-state index is 12.7. The van der Waals surface area contributed by atoms with Gasteiger partial charge in [-0.25, -0.2) is 4.98 Å². The first-order valence-electron chi connectivity index (χ1n) is 8.64. The molecular formula is C20H16N4O3S2. The molecule has 146 valence electrons. The number of methoxy groups -OCH3 is 1. The molecule has 29 heavy (non-hydrogen) atoms. The first-order valence-corrected chi connectivity index (χ1v) is 9.86. The van der Waals surface area contributed by atoms with E-state index in [1.807, 2.05) is 18.2 Å². The van der Waals surface area contributed by atoms with Crippen LogP contribution in [-0.4, -0.2) is 27.6 Å². The first-order chi connectivity index (χ1) is 14.0. The van der Waals surface area contributed by atoms with Gasteiger partial charge in [-0.1, -0.05) is 17.4 Å². The van der Waals surface area contributed by atoms with Crippen molar-refractivity contribution in [1.29, 1.82) is 0 Å². The summed E-state index contributed by atoms with van der Waals surface area (Å²) in [5.74, 6) is 0.401. The van der Waals surface area contributed by atoms with E-state index >= 15 is 0 Å². The summed E-state index contributed by atoms with van der Waals surface area (Å²) in [4.78, 5) is 32.7. The van der Waals surface area contributed by atoms with Gasteiger partial charge in [0, 0.05) is 12.1 Å². The van der Waals surface area contributed by atoms with Gasteiger partial charge in [-0.15, -0.1) is 6.58 Å². The van der Waals surface area contributed by atoms with E-state index in [0.29, 0.717) is 28.1 Å². The third-order valence-corrected chi connectivity index (χ3v) is 5.63. The van der Waals surface area contributed by atoms with Crippen LogP contribution in [0.2, 0.25) is 0 Å². The summed E-state index contributed by atoms with van der Waals surface area (Å²) in [5.41, 5.74) is 1.44. The van der Waals surface area contributed by atoms with Gasteiger partial charge in [-0.3, -0.25) is 19.5 Å². The molecule has 0 radical (unpaired) electrons. The Labute approximate surface area is 174 Å². The highest BCUT2D eigenvalue weighted by molar-refractivity contribution is 7.71. The highest BCUT2D eigenvalue weighted by atomic mass is 32.1. The molecule has 0 saturated heterocycles. The van der Waals surface area contributed by atoms with E-state index in [0.717, 1.165) is 16.0 Å². The molecule has 1 amide bonds. The second kappa shape index (κ2) is 7.61. The number of nitrogens with one attached hydrogen (secondary N) is 2. The summed E-state index contributed by atoms with van der Waals surface area (Å²) in [5, 5.41) is 3.73. The maximum absolute atomic E-state index is 12.7. The molecule has 4 rings (SSSR count). The quantitative estimate of drug-likeness (QED) is 0.372. The maximum Gasteiger partial charge on any atom is 0.262 e. The van der Waals surface area contributed by atoms with E-state index in [1.165, 1.54) is 15.9 Å². The van der Waals surface area contributed by atoms with Crippen LogP contribution in [0.15, 0.2) is 53.8 Å². The zero-order valence-corrected chi connectivity index (χ0v) is 17.0. The Morgan fingerprint density at radius 2 is 2.21 bits per heavy atom. The van der Waals surface area contributed by atoms with E-state index in [9.17, 15) is 9.59 Å². The number of H-pyrrole nitrogens is 1. The van der Waals surface area contributed by atoms with E-state index in [1.54, 1.807) is 31.4 Å². The predicted octanol–water partition coefficient (Wildman–Crippen LogP) is 4.12. The van der Waals surface area contributed by atoms with Gasteiger partial charge in [0.05, 0.1) is 28.2 Å². The van der Waals surface area contributed by atoms with Gasteiger partial charge in [0.25, 0.3) is 11.5 Å². The van der Waals surface area contributed by atoms with Gasteiger partial charge in [-0.2, -0.15) is 0 Å². The molecule has 0 fully saturated rings. The van der Waals surface area contributed by atoms with E-state index < -0.39 is 0 Å². The summed E-state index contributed by atoms with van der Waals surface area (Å²) in [6, 6.07) is 10.3. The molecule has 2 aromatic carbocycles. The van der Waals surface area contributed by atoms with E-state index in [-0.39, 0.29) is 16.2 Å². The van der Waals surface area contributed by atoms with Crippen molar-refractivity contribution < 1.29 is 9.53 Å². The number of hydrogen-bond acceptors (Lipinski definition) is 6. The van der Waals surface area contributed by atoms with Crippen molar-refractivity contribution in [2.45, 2.75) is 6.54 Å². The summed E-state index contributed by atoms with van der Waals surface area (Å²) in [6.07, 6.45) is 1.60. The smallest absolute Gasteiger partial charge is 0.262 e. The van der Waals surface area contributed by atoms with Crippen LogP contribution in [0.25, 0.3) is 21.1 Å². The number of allylic oxidation sites excluding steroid dienone is 1. The summed E-state index contributed by atoms with van der Waals surface area (Å²) in [6.45, 7) is 3.95. The molecule has 4 aromatic rings. The lowest BCUT2D eigenvalue weighted by molar-refractivity contribution is 0.102. The minimum Gasteiger partial charge on any atom is -0.497 e. The monoisotopic (exact) mass is 424 g/mol. The van der Waals surface area contributed by atoms with Crippen LogP contribution in [0.3, 0.4) is 0 Å². The molecule has 0 atom stereocenters. The third kappa shape index (κ3) is 3.57. The van der Waals surface area contributed by atoms with Crippen molar-refractivity contribution in [2.75, 3.05) is 12.4 Å². The van der Waals surface area contributed by atoms with Gasteiger partial charge in [0.1, 0.15) is 5.75 Å². The van der Waals surface area contributed by atoms with E-state index in [2.05, 4.69) is 21.9 Å². The van der Waals surface area contributed by atoms with Gasteiger partial charge >= 0.3 is 0 Å². The average molecular weight is 425 g/mol. The van der Waals surface area contributed by atoms with Crippen LogP contribution in [-0.2, 0) is 6.54 Å². The summed E-state index contributed by atoms with van der Waals surface area (Å²) in [7, 11) is 1.60. The van der Waals surface area contributed by atoms with Gasteiger partial charge in [-0.05, 0) is 48.6 Å². The van der Waals surface area contributed by atoms with Crippen molar-refractivity contribution in [1.82, 2.24) is 14.5 Å². The Morgan fingerprint density at radius 3 is 2.97 bits per heavy atom. The molecule has 0 aliphatic carbocycles. The third-order valence-electron chi connectivity index (χ3n) is 4.37. The van der Waals surface area contributed by atoms with Crippen LogP contribution in [0.5, 0.6) is 5.75 Å². The fraction of sp³-hybridized carbons (Fsp3) is 0.100. The molecule has 7 nitrogen and oxygen atoms in total. The molecule has 2 aromatic heterocycles. The van der Waals surface area contributed by atoms with Crippen LogP contribution in [0.1, 0.15) is 10.4 Å². The minimum atomic E-state index is -0.326. The zero-order valence-electron chi connectivity index (χ0n) is 15.4.